The summed E-state index contributed by atoms with van der Waals surface area (Å²) in [4.78, 5) is 17.0. The van der Waals surface area contributed by atoms with Crippen LogP contribution in [0.25, 0.3) is 11.0 Å². The van der Waals surface area contributed by atoms with Crippen LogP contribution in [0, 0.1) is 19.3 Å². The summed E-state index contributed by atoms with van der Waals surface area (Å²) in [7, 11) is 0. The van der Waals surface area contributed by atoms with Gasteiger partial charge >= 0.3 is 0 Å². The zero-order chi connectivity index (χ0) is 21.7. The van der Waals surface area contributed by atoms with Crippen LogP contribution < -0.4 is 10.1 Å². The number of hydrogen-bond donors (Lipinski definition) is 1. The normalized spacial score (nSPS) is 11.6. The number of rotatable bonds is 8. The molecule has 0 atom stereocenters. The Bertz CT molecular complexity index is 995. The molecule has 0 bridgehead atoms. The van der Waals surface area contributed by atoms with E-state index in [0.717, 1.165) is 42.0 Å². The molecule has 1 aromatic heterocycles. The van der Waals surface area contributed by atoms with Crippen molar-refractivity contribution in [1.29, 1.82) is 0 Å². The molecule has 0 aliphatic heterocycles. The van der Waals surface area contributed by atoms with E-state index in [0.29, 0.717) is 13.2 Å². The lowest BCUT2D eigenvalue weighted by Crippen LogP contribution is -2.35. The molecule has 0 fully saturated rings. The van der Waals surface area contributed by atoms with Gasteiger partial charge in [0.15, 0.2) is 0 Å². The number of nitrogens with one attached hydrogen (secondary N) is 1. The van der Waals surface area contributed by atoms with Gasteiger partial charge in [0.2, 0.25) is 5.91 Å². The number of carbonyl (C=O) groups is 1. The Balaban J connectivity index is 1.62. The Labute approximate surface area is 179 Å². The highest BCUT2D eigenvalue weighted by atomic mass is 16.5. The minimum absolute atomic E-state index is 0.0307. The number of carbonyl (C=O) groups excluding carboxylic acids is 1. The number of unbranched alkanes of at least 4 members (excludes halogenated alkanes) is 1. The second kappa shape index (κ2) is 9.33. The monoisotopic (exact) mass is 407 g/mol. The molecule has 0 radical (unpaired) electrons. The summed E-state index contributed by atoms with van der Waals surface area (Å²) in [5.74, 6) is 1.92. The van der Waals surface area contributed by atoms with Gasteiger partial charge < -0.3 is 14.6 Å². The number of amides is 1. The predicted molar refractivity (Wildman–Crippen MR) is 122 cm³/mol. The van der Waals surface area contributed by atoms with Crippen molar-refractivity contribution in [3.8, 4) is 5.75 Å². The van der Waals surface area contributed by atoms with Crippen LogP contribution in [0.4, 0.5) is 0 Å². The average Bonchev–Trinajstić information content (AvgIpc) is 3.04. The molecule has 0 saturated heterocycles. The fourth-order valence-electron chi connectivity index (χ4n) is 3.51. The van der Waals surface area contributed by atoms with E-state index < -0.39 is 5.41 Å². The first-order valence-corrected chi connectivity index (χ1v) is 10.7. The van der Waals surface area contributed by atoms with Crippen molar-refractivity contribution in [3.63, 3.8) is 0 Å². The highest BCUT2D eigenvalue weighted by Gasteiger charge is 2.21. The Morgan fingerprint density at radius 3 is 2.43 bits per heavy atom. The van der Waals surface area contributed by atoms with Gasteiger partial charge in [0.25, 0.3) is 0 Å². The zero-order valence-corrected chi connectivity index (χ0v) is 18.8. The molecular formula is C25H33N3O2. The number of imidazole rings is 1. The molecular weight excluding hydrogens is 374 g/mol. The number of fused-ring (bicyclic) bond motifs is 1. The first-order valence-electron chi connectivity index (χ1n) is 10.7. The molecule has 5 heteroatoms. The summed E-state index contributed by atoms with van der Waals surface area (Å²) in [6, 6.07) is 14.4. The summed E-state index contributed by atoms with van der Waals surface area (Å²) in [5, 5.41) is 3.03. The van der Waals surface area contributed by atoms with Gasteiger partial charge in [-0.1, -0.05) is 51.1 Å². The molecule has 160 valence electrons. The van der Waals surface area contributed by atoms with Crippen molar-refractivity contribution in [1.82, 2.24) is 14.9 Å². The van der Waals surface area contributed by atoms with E-state index in [9.17, 15) is 4.79 Å². The summed E-state index contributed by atoms with van der Waals surface area (Å²) in [6.45, 7) is 11.9. The molecule has 0 unspecified atom stereocenters. The standard InChI is InChI=1S/C25H33N3O2/c1-18-11-10-12-19(2)23(18)30-16-9-8-15-28-21-14-7-6-13-20(21)27-22(28)17-26-24(29)25(3,4)5/h6-7,10-14H,8-9,15-17H2,1-5H3,(H,26,29). The lowest BCUT2D eigenvalue weighted by atomic mass is 9.96. The van der Waals surface area contributed by atoms with Gasteiger partial charge in [0, 0.05) is 12.0 Å². The topological polar surface area (TPSA) is 56.1 Å². The van der Waals surface area contributed by atoms with Crippen LogP contribution in [0.5, 0.6) is 5.75 Å². The molecule has 5 nitrogen and oxygen atoms in total. The molecule has 0 spiro atoms. The van der Waals surface area contributed by atoms with Crippen molar-refractivity contribution in [3.05, 3.63) is 59.4 Å². The fourth-order valence-corrected chi connectivity index (χ4v) is 3.51. The SMILES string of the molecule is Cc1cccc(C)c1OCCCCn1c(CNC(=O)C(C)(C)C)nc2ccccc21. The highest BCUT2D eigenvalue weighted by Crippen LogP contribution is 2.23. The fraction of sp³-hybridized carbons (Fsp3) is 0.440. The number of benzene rings is 2. The lowest BCUT2D eigenvalue weighted by Gasteiger charge is -2.18. The largest absolute Gasteiger partial charge is 0.493 e. The van der Waals surface area contributed by atoms with Crippen LogP contribution in [-0.2, 0) is 17.9 Å². The smallest absolute Gasteiger partial charge is 0.225 e. The zero-order valence-electron chi connectivity index (χ0n) is 18.8. The van der Waals surface area contributed by atoms with E-state index in [1.165, 1.54) is 11.1 Å². The minimum atomic E-state index is -0.415. The number of nitrogens with zero attached hydrogens (tertiary/aromatic N) is 2. The van der Waals surface area contributed by atoms with Gasteiger partial charge in [0.1, 0.15) is 11.6 Å². The Kier molecular flexibility index (Phi) is 6.80. The van der Waals surface area contributed by atoms with Gasteiger partial charge in [0.05, 0.1) is 24.2 Å². The highest BCUT2D eigenvalue weighted by molar-refractivity contribution is 5.81. The van der Waals surface area contributed by atoms with Crippen molar-refractivity contribution < 1.29 is 9.53 Å². The number of aromatic nitrogens is 2. The van der Waals surface area contributed by atoms with Crippen molar-refractivity contribution in [2.75, 3.05) is 6.61 Å². The maximum absolute atomic E-state index is 12.3. The minimum Gasteiger partial charge on any atom is -0.493 e. The molecule has 1 N–H and O–H groups in total. The number of hydrogen-bond acceptors (Lipinski definition) is 3. The molecule has 0 aliphatic carbocycles. The van der Waals surface area contributed by atoms with E-state index in [-0.39, 0.29) is 5.91 Å². The Hall–Kier alpha value is -2.82. The number of ether oxygens (including phenoxy) is 1. The number of aryl methyl sites for hydroxylation is 3. The van der Waals surface area contributed by atoms with Gasteiger partial charge in [-0.15, -0.1) is 0 Å². The van der Waals surface area contributed by atoms with Crippen LogP contribution in [0.2, 0.25) is 0 Å². The van der Waals surface area contributed by atoms with E-state index in [4.69, 9.17) is 9.72 Å². The van der Waals surface area contributed by atoms with E-state index in [1.807, 2.05) is 39.0 Å². The van der Waals surface area contributed by atoms with Gasteiger partial charge in [-0.2, -0.15) is 0 Å². The summed E-state index contributed by atoms with van der Waals surface area (Å²) >= 11 is 0. The summed E-state index contributed by atoms with van der Waals surface area (Å²) in [6.07, 6.45) is 1.93. The van der Waals surface area contributed by atoms with Crippen LogP contribution in [0.1, 0.15) is 50.6 Å². The van der Waals surface area contributed by atoms with Gasteiger partial charge in [-0.05, 0) is 49.9 Å². The average molecular weight is 408 g/mol. The molecule has 0 saturated carbocycles. The van der Waals surface area contributed by atoms with E-state index >= 15 is 0 Å². The predicted octanol–water partition coefficient (Wildman–Crippen LogP) is 5.17. The van der Waals surface area contributed by atoms with Gasteiger partial charge in [-0.3, -0.25) is 4.79 Å². The van der Waals surface area contributed by atoms with Crippen LogP contribution in [0.15, 0.2) is 42.5 Å². The van der Waals surface area contributed by atoms with Crippen LogP contribution in [-0.4, -0.2) is 22.1 Å². The Morgan fingerprint density at radius 2 is 1.73 bits per heavy atom. The van der Waals surface area contributed by atoms with Crippen LogP contribution >= 0.6 is 0 Å². The second-order valence-electron chi connectivity index (χ2n) is 8.88. The van der Waals surface area contributed by atoms with Crippen molar-refractivity contribution in [2.45, 2.75) is 60.5 Å². The summed E-state index contributed by atoms with van der Waals surface area (Å²) in [5.41, 5.74) is 4.00. The molecule has 1 amide bonds. The van der Waals surface area contributed by atoms with Crippen molar-refractivity contribution >= 4 is 16.9 Å². The van der Waals surface area contributed by atoms with Crippen molar-refractivity contribution in [2.24, 2.45) is 5.41 Å². The first kappa shape index (κ1) is 21.9. The van der Waals surface area contributed by atoms with Gasteiger partial charge in [-0.25, -0.2) is 4.98 Å². The van der Waals surface area contributed by atoms with Crippen LogP contribution in [0.3, 0.4) is 0 Å². The molecule has 3 aromatic rings. The van der Waals surface area contributed by atoms with E-state index in [1.54, 1.807) is 0 Å². The molecule has 3 rings (SSSR count). The van der Waals surface area contributed by atoms with E-state index in [2.05, 4.69) is 48.0 Å². The second-order valence-corrected chi connectivity index (χ2v) is 8.88. The molecule has 1 heterocycles. The third-order valence-corrected chi connectivity index (χ3v) is 5.25. The quantitative estimate of drug-likeness (QED) is 0.524. The number of para-hydroxylation sites is 3. The molecule has 30 heavy (non-hydrogen) atoms. The third-order valence-electron chi connectivity index (χ3n) is 5.25. The molecule has 0 aliphatic rings. The maximum Gasteiger partial charge on any atom is 0.225 e. The molecule has 2 aromatic carbocycles. The summed E-state index contributed by atoms with van der Waals surface area (Å²) < 4.78 is 8.26. The maximum atomic E-state index is 12.3. The Morgan fingerprint density at radius 1 is 1.03 bits per heavy atom. The first-order chi connectivity index (χ1) is 14.3. The third kappa shape index (κ3) is 5.21. The lowest BCUT2D eigenvalue weighted by molar-refractivity contribution is -0.128.